The van der Waals surface area contributed by atoms with E-state index in [-0.39, 0.29) is 0 Å². The quantitative estimate of drug-likeness (QED) is 0.453. The molecule has 0 saturated carbocycles. The minimum absolute atomic E-state index is 0.691. The molecular weight excluding hydrogens is 198 g/mol. The number of benzene rings is 2. The average Bonchev–Trinajstić information content (AvgIpc) is 2.37. The fourth-order valence-electron chi connectivity index (χ4n) is 2.01. The lowest BCUT2D eigenvalue weighted by molar-refractivity contribution is 0.112. The van der Waals surface area contributed by atoms with Crippen LogP contribution in [0.3, 0.4) is 0 Å². The van der Waals surface area contributed by atoms with Gasteiger partial charge in [0.15, 0.2) is 6.29 Å². The number of nitrogens with zero attached hydrogens (tertiary/aromatic N) is 1. The molecule has 3 rings (SSSR count). The van der Waals surface area contributed by atoms with Crippen LogP contribution in [0.15, 0.2) is 48.7 Å². The van der Waals surface area contributed by atoms with E-state index in [0.717, 1.165) is 28.0 Å². The Morgan fingerprint density at radius 3 is 2.69 bits per heavy atom. The van der Waals surface area contributed by atoms with E-state index in [1.165, 1.54) is 0 Å². The van der Waals surface area contributed by atoms with Gasteiger partial charge < -0.3 is 0 Å². The zero-order chi connectivity index (χ0) is 11.0. The van der Waals surface area contributed by atoms with Gasteiger partial charge in [-0.15, -0.1) is 0 Å². The molecule has 0 atom stereocenters. The maximum absolute atomic E-state index is 10.9. The van der Waals surface area contributed by atoms with Gasteiger partial charge in [-0.25, -0.2) is 0 Å². The van der Waals surface area contributed by atoms with Crippen LogP contribution in [0, 0.1) is 0 Å². The zero-order valence-corrected chi connectivity index (χ0v) is 8.55. The van der Waals surface area contributed by atoms with Gasteiger partial charge in [0.05, 0.1) is 5.52 Å². The summed E-state index contributed by atoms with van der Waals surface area (Å²) in [5.41, 5.74) is 1.58. The van der Waals surface area contributed by atoms with Gasteiger partial charge in [0, 0.05) is 22.5 Å². The van der Waals surface area contributed by atoms with E-state index >= 15 is 0 Å². The van der Waals surface area contributed by atoms with Crippen LogP contribution in [-0.2, 0) is 0 Å². The number of aromatic nitrogens is 1. The SMILES string of the molecule is O=Cc1ccnc2c1ccc1ccccc12. The van der Waals surface area contributed by atoms with Gasteiger partial charge in [-0.05, 0) is 11.5 Å². The van der Waals surface area contributed by atoms with Crippen LogP contribution in [0.1, 0.15) is 10.4 Å². The molecule has 0 radical (unpaired) electrons. The molecule has 1 heterocycles. The number of aldehydes is 1. The van der Waals surface area contributed by atoms with Gasteiger partial charge in [0.1, 0.15) is 0 Å². The first-order valence-corrected chi connectivity index (χ1v) is 5.12. The zero-order valence-electron chi connectivity index (χ0n) is 8.55. The van der Waals surface area contributed by atoms with E-state index in [1.54, 1.807) is 12.3 Å². The summed E-state index contributed by atoms with van der Waals surface area (Å²) in [6.07, 6.45) is 2.55. The van der Waals surface area contributed by atoms with E-state index < -0.39 is 0 Å². The molecule has 0 bridgehead atoms. The average molecular weight is 207 g/mol. The molecule has 0 aliphatic heterocycles. The lowest BCUT2D eigenvalue weighted by Gasteiger charge is -2.03. The molecule has 0 amide bonds. The molecule has 0 spiro atoms. The van der Waals surface area contributed by atoms with Gasteiger partial charge in [0.2, 0.25) is 0 Å². The maximum Gasteiger partial charge on any atom is 0.150 e. The fraction of sp³-hybridized carbons (Fsp3) is 0. The van der Waals surface area contributed by atoms with Gasteiger partial charge >= 0.3 is 0 Å². The van der Waals surface area contributed by atoms with E-state index in [4.69, 9.17) is 0 Å². The van der Waals surface area contributed by atoms with Crippen molar-refractivity contribution in [3.05, 3.63) is 54.2 Å². The number of carbonyl (C=O) groups is 1. The normalized spacial score (nSPS) is 10.8. The van der Waals surface area contributed by atoms with Crippen molar-refractivity contribution >= 4 is 28.0 Å². The van der Waals surface area contributed by atoms with Crippen molar-refractivity contribution in [3.8, 4) is 0 Å². The second-order valence-electron chi connectivity index (χ2n) is 3.70. The van der Waals surface area contributed by atoms with Crippen molar-refractivity contribution in [1.29, 1.82) is 0 Å². The molecular formula is C14H9NO. The Morgan fingerprint density at radius 1 is 0.938 bits per heavy atom. The Bertz CT molecular complexity index is 688. The molecule has 0 aliphatic carbocycles. The van der Waals surface area contributed by atoms with Crippen LogP contribution in [0.25, 0.3) is 21.7 Å². The number of hydrogen-bond acceptors (Lipinski definition) is 2. The van der Waals surface area contributed by atoms with Crippen LogP contribution in [0.5, 0.6) is 0 Å². The van der Waals surface area contributed by atoms with E-state index in [0.29, 0.717) is 5.56 Å². The second kappa shape index (κ2) is 3.42. The highest BCUT2D eigenvalue weighted by atomic mass is 16.1. The summed E-state index contributed by atoms with van der Waals surface area (Å²) in [5.74, 6) is 0. The maximum atomic E-state index is 10.9. The summed E-state index contributed by atoms with van der Waals surface area (Å²) >= 11 is 0. The van der Waals surface area contributed by atoms with E-state index in [9.17, 15) is 4.79 Å². The van der Waals surface area contributed by atoms with Gasteiger partial charge in [-0.3, -0.25) is 9.78 Å². The minimum Gasteiger partial charge on any atom is -0.298 e. The number of pyridine rings is 1. The van der Waals surface area contributed by atoms with Crippen LogP contribution in [-0.4, -0.2) is 11.3 Å². The molecule has 2 aromatic carbocycles. The summed E-state index contributed by atoms with van der Waals surface area (Å²) < 4.78 is 0. The Balaban J connectivity index is 2.57. The smallest absolute Gasteiger partial charge is 0.150 e. The largest absolute Gasteiger partial charge is 0.298 e. The van der Waals surface area contributed by atoms with Gasteiger partial charge in [-0.2, -0.15) is 0 Å². The van der Waals surface area contributed by atoms with Crippen molar-refractivity contribution in [1.82, 2.24) is 4.98 Å². The van der Waals surface area contributed by atoms with Crippen molar-refractivity contribution in [2.45, 2.75) is 0 Å². The number of fused-ring (bicyclic) bond motifs is 3. The predicted molar refractivity (Wildman–Crippen MR) is 64.6 cm³/mol. The highest BCUT2D eigenvalue weighted by Gasteiger charge is 2.04. The van der Waals surface area contributed by atoms with Crippen LogP contribution in [0.2, 0.25) is 0 Å². The molecule has 0 aliphatic rings. The topological polar surface area (TPSA) is 30.0 Å². The molecule has 0 fully saturated rings. The fourth-order valence-corrected chi connectivity index (χ4v) is 2.01. The molecule has 0 N–H and O–H groups in total. The Hall–Kier alpha value is -2.22. The molecule has 76 valence electrons. The monoisotopic (exact) mass is 207 g/mol. The lowest BCUT2D eigenvalue weighted by atomic mass is 10.0. The van der Waals surface area contributed by atoms with Crippen molar-refractivity contribution in [2.24, 2.45) is 0 Å². The van der Waals surface area contributed by atoms with Gasteiger partial charge in [0.25, 0.3) is 0 Å². The van der Waals surface area contributed by atoms with E-state index in [1.807, 2.05) is 36.4 Å². The highest BCUT2D eigenvalue weighted by Crippen LogP contribution is 2.24. The summed E-state index contributed by atoms with van der Waals surface area (Å²) in [7, 11) is 0. The number of rotatable bonds is 1. The van der Waals surface area contributed by atoms with Crippen LogP contribution < -0.4 is 0 Å². The lowest BCUT2D eigenvalue weighted by Crippen LogP contribution is -1.87. The van der Waals surface area contributed by atoms with Crippen molar-refractivity contribution in [2.75, 3.05) is 0 Å². The van der Waals surface area contributed by atoms with Crippen LogP contribution >= 0.6 is 0 Å². The Kier molecular flexibility index (Phi) is 1.93. The van der Waals surface area contributed by atoms with Crippen LogP contribution in [0.4, 0.5) is 0 Å². The molecule has 2 heteroatoms. The van der Waals surface area contributed by atoms with E-state index in [2.05, 4.69) is 4.98 Å². The summed E-state index contributed by atoms with van der Waals surface area (Å²) in [5, 5.41) is 3.14. The first-order valence-electron chi connectivity index (χ1n) is 5.12. The first kappa shape index (κ1) is 9.04. The third kappa shape index (κ3) is 1.20. The Morgan fingerprint density at radius 2 is 1.81 bits per heavy atom. The third-order valence-corrected chi connectivity index (χ3v) is 2.80. The highest BCUT2D eigenvalue weighted by molar-refractivity contribution is 6.09. The second-order valence-corrected chi connectivity index (χ2v) is 3.70. The first-order chi connectivity index (χ1) is 7.90. The van der Waals surface area contributed by atoms with Crippen molar-refractivity contribution < 1.29 is 4.79 Å². The molecule has 16 heavy (non-hydrogen) atoms. The molecule has 1 aromatic heterocycles. The molecule has 2 nitrogen and oxygen atoms in total. The number of carbonyl (C=O) groups excluding carboxylic acids is 1. The molecule has 0 saturated heterocycles. The minimum atomic E-state index is 0.691. The summed E-state index contributed by atoms with van der Waals surface area (Å²) in [4.78, 5) is 15.3. The van der Waals surface area contributed by atoms with Crippen molar-refractivity contribution in [3.63, 3.8) is 0 Å². The summed E-state index contributed by atoms with van der Waals surface area (Å²) in [6, 6.07) is 13.8. The Labute approximate surface area is 92.5 Å². The third-order valence-electron chi connectivity index (χ3n) is 2.80. The number of hydrogen-bond donors (Lipinski definition) is 0. The molecule has 0 unspecified atom stereocenters. The standard InChI is InChI=1S/C14H9NO/c16-9-11-7-8-15-14-12-4-2-1-3-10(12)5-6-13(11)14/h1-9H. The molecule has 3 aromatic rings. The predicted octanol–water partition coefficient (Wildman–Crippen LogP) is 3.20. The summed E-state index contributed by atoms with van der Waals surface area (Å²) in [6.45, 7) is 0. The van der Waals surface area contributed by atoms with Gasteiger partial charge in [-0.1, -0.05) is 36.4 Å².